The summed E-state index contributed by atoms with van der Waals surface area (Å²) < 4.78 is 11.7. The van der Waals surface area contributed by atoms with Crippen LogP contribution in [0.3, 0.4) is 0 Å². The molecule has 0 heterocycles. The summed E-state index contributed by atoms with van der Waals surface area (Å²) in [5.41, 5.74) is 1.94. The standard InChI is InChI=1S/C16H24O2/c1-12(2)13-8-10-14(11-9-13)17-16(6,7)18-15(3,4)5/h8-11H,1H2,2-7H3. The summed E-state index contributed by atoms with van der Waals surface area (Å²) in [5, 5.41) is 0. The van der Waals surface area contributed by atoms with Crippen LogP contribution in [0.1, 0.15) is 47.1 Å². The first-order valence-electron chi connectivity index (χ1n) is 6.24. The van der Waals surface area contributed by atoms with Crippen molar-refractivity contribution in [2.75, 3.05) is 0 Å². The highest BCUT2D eigenvalue weighted by Gasteiger charge is 2.27. The van der Waals surface area contributed by atoms with Crippen molar-refractivity contribution in [1.29, 1.82) is 0 Å². The fraction of sp³-hybridized carbons (Fsp3) is 0.500. The third-order valence-electron chi connectivity index (χ3n) is 2.26. The molecule has 0 saturated heterocycles. The fourth-order valence-corrected chi connectivity index (χ4v) is 1.85. The number of hydrogen-bond donors (Lipinski definition) is 0. The Morgan fingerprint density at radius 2 is 1.50 bits per heavy atom. The summed E-state index contributed by atoms with van der Waals surface area (Å²) in [4.78, 5) is 0. The fourth-order valence-electron chi connectivity index (χ4n) is 1.85. The average molecular weight is 248 g/mol. The second-order valence-electron chi connectivity index (χ2n) is 6.02. The van der Waals surface area contributed by atoms with Crippen LogP contribution in [0.2, 0.25) is 0 Å². The lowest BCUT2D eigenvalue weighted by atomic mass is 10.1. The maximum atomic E-state index is 5.87. The van der Waals surface area contributed by atoms with Crippen molar-refractivity contribution in [2.45, 2.75) is 52.9 Å². The van der Waals surface area contributed by atoms with Gasteiger partial charge < -0.3 is 9.47 Å². The minimum Gasteiger partial charge on any atom is -0.463 e. The molecule has 0 radical (unpaired) electrons. The molecule has 0 atom stereocenters. The van der Waals surface area contributed by atoms with Crippen LogP contribution >= 0.6 is 0 Å². The molecule has 0 aromatic heterocycles. The topological polar surface area (TPSA) is 18.5 Å². The van der Waals surface area contributed by atoms with Crippen molar-refractivity contribution >= 4 is 5.57 Å². The van der Waals surface area contributed by atoms with Crippen LogP contribution in [-0.2, 0) is 4.74 Å². The molecule has 0 N–H and O–H groups in total. The van der Waals surface area contributed by atoms with E-state index in [0.717, 1.165) is 16.9 Å². The average Bonchev–Trinajstić information content (AvgIpc) is 2.13. The molecule has 0 unspecified atom stereocenters. The lowest BCUT2D eigenvalue weighted by Gasteiger charge is -2.33. The number of benzene rings is 1. The number of allylic oxidation sites excluding steroid dienone is 1. The van der Waals surface area contributed by atoms with E-state index in [1.165, 1.54) is 0 Å². The van der Waals surface area contributed by atoms with Crippen LogP contribution in [0.25, 0.3) is 5.57 Å². The SMILES string of the molecule is C=C(C)c1ccc(OC(C)(C)OC(C)(C)C)cc1. The minimum absolute atomic E-state index is 0.235. The highest BCUT2D eigenvalue weighted by molar-refractivity contribution is 5.61. The maximum absolute atomic E-state index is 5.87. The summed E-state index contributed by atoms with van der Waals surface area (Å²) in [7, 11) is 0. The van der Waals surface area contributed by atoms with Crippen molar-refractivity contribution in [3.05, 3.63) is 36.4 Å². The van der Waals surface area contributed by atoms with E-state index >= 15 is 0 Å². The predicted molar refractivity (Wildman–Crippen MR) is 76.7 cm³/mol. The van der Waals surface area contributed by atoms with Gasteiger partial charge in [0, 0.05) is 13.8 Å². The summed E-state index contributed by atoms with van der Waals surface area (Å²) in [6.45, 7) is 15.8. The first-order valence-corrected chi connectivity index (χ1v) is 6.24. The van der Waals surface area contributed by atoms with Gasteiger partial charge in [0.15, 0.2) is 0 Å². The van der Waals surface area contributed by atoms with Gasteiger partial charge in [-0.2, -0.15) is 0 Å². The van der Waals surface area contributed by atoms with Gasteiger partial charge >= 0.3 is 0 Å². The monoisotopic (exact) mass is 248 g/mol. The van der Waals surface area contributed by atoms with E-state index in [4.69, 9.17) is 9.47 Å². The van der Waals surface area contributed by atoms with Gasteiger partial charge in [-0.25, -0.2) is 0 Å². The lowest BCUT2D eigenvalue weighted by molar-refractivity contribution is -0.213. The Balaban J connectivity index is 2.75. The second-order valence-corrected chi connectivity index (χ2v) is 6.02. The van der Waals surface area contributed by atoms with Gasteiger partial charge in [-0.3, -0.25) is 0 Å². The summed E-state index contributed by atoms with van der Waals surface area (Å²) >= 11 is 0. The molecule has 0 bridgehead atoms. The molecule has 100 valence electrons. The zero-order chi connectivity index (χ0) is 14.0. The van der Waals surface area contributed by atoms with Gasteiger partial charge in [-0.15, -0.1) is 0 Å². The normalized spacial score (nSPS) is 12.3. The molecule has 0 aliphatic heterocycles. The zero-order valence-corrected chi connectivity index (χ0v) is 12.3. The number of rotatable bonds is 4. The molecule has 0 fully saturated rings. The van der Waals surface area contributed by atoms with E-state index in [2.05, 4.69) is 6.58 Å². The van der Waals surface area contributed by atoms with Crippen LogP contribution in [0.5, 0.6) is 5.75 Å². The van der Waals surface area contributed by atoms with Crippen molar-refractivity contribution in [1.82, 2.24) is 0 Å². The molecule has 0 aliphatic carbocycles. The maximum Gasteiger partial charge on any atom is 0.205 e. The third kappa shape index (κ3) is 4.92. The Morgan fingerprint density at radius 1 is 1.00 bits per heavy atom. The molecule has 1 aromatic carbocycles. The van der Waals surface area contributed by atoms with Gasteiger partial charge in [-0.1, -0.05) is 24.3 Å². The van der Waals surface area contributed by atoms with Crippen LogP contribution < -0.4 is 4.74 Å². The Hall–Kier alpha value is -1.28. The first kappa shape index (κ1) is 14.8. The highest BCUT2D eigenvalue weighted by atomic mass is 16.7. The highest BCUT2D eigenvalue weighted by Crippen LogP contribution is 2.25. The van der Waals surface area contributed by atoms with Crippen LogP contribution in [-0.4, -0.2) is 11.4 Å². The van der Waals surface area contributed by atoms with Crippen molar-refractivity contribution in [2.24, 2.45) is 0 Å². The Morgan fingerprint density at radius 3 is 1.89 bits per heavy atom. The summed E-state index contributed by atoms with van der Waals surface area (Å²) in [6.07, 6.45) is 0. The van der Waals surface area contributed by atoms with Gasteiger partial charge in [0.1, 0.15) is 5.75 Å². The molecule has 2 heteroatoms. The molecule has 0 aliphatic rings. The van der Waals surface area contributed by atoms with Gasteiger partial charge in [0.05, 0.1) is 5.60 Å². The summed E-state index contributed by atoms with van der Waals surface area (Å²) in [5.74, 6) is 0.150. The van der Waals surface area contributed by atoms with Gasteiger partial charge in [0.2, 0.25) is 5.79 Å². The minimum atomic E-state index is -0.650. The van der Waals surface area contributed by atoms with E-state index < -0.39 is 5.79 Å². The van der Waals surface area contributed by atoms with Crippen LogP contribution in [0, 0.1) is 0 Å². The second kappa shape index (κ2) is 5.15. The van der Waals surface area contributed by atoms with Gasteiger partial charge in [-0.05, 0) is 45.4 Å². The molecule has 0 spiro atoms. The predicted octanol–water partition coefficient (Wildman–Crippen LogP) is 4.65. The van der Waals surface area contributed by atoms with Crippen LogP contribution in [0.15, 0.2) is 30.8 Å². The smallest absolute Gasteiger partial charge is 0.205 e. The summed E-state index contributed by atoms with van der Waals surface area (Å²) in [6, 6.07) is 7.89. The van der Waals surface area contributed by atoms with Crippen molar-refractivity contribution < 1.29 is 9.47 Å². The van der Waals surface area contributed by atoms with E-state index in [-0.39, 0.29) is 5.60 Å². The van der Waals surface area contributed by atoms with Crippen molar-refractivity contribution in [3.8, 4) is 5.75 Å². The van der Waals surface area contributed by atoms with E-state index in [0.29, 0.717) is 0 Å². The first-order chi connectivity index (χ1) is 8.09. The van der Waals surface area contributed by atoms with Crippen LogP contribution in [0.4, 0.5) is 0 Å². The van der Waals surface area contributed by atoms with Gasteiger partial charge in [0.25, 0.3) is 0 Å². The molecule has 18 heavy (non-hydrogen) atoms. The lowest BCUT2D eigenvalue weighted by Crippen LogP contribution is -2.39. The van der Waals surface area contributed by atoms with E-state index in [1.807, 2.05) is 65.8 Å². The van der Waals surface area contributed by atoms with E-state index in [9.17, 15) is 0 Å². The number of ether oxygens (including phenoxy) is 2. The Labute approximate surface area is 111 Å². The third-order valence-corrected chi connectivity index (χ3v) is 2.26. The quantitative estimate of drug-likeness (QED) is 0.722. The molecule has 0 amide bonds. The van der Waals surface area contributed by atoms with Crippen molar-refractivity contribution in [3.63, 3.8) is 0 Å². The molecule has 0 saturated carbocycles. The molecule has 1 aromatic rings. The Bertz CT molecular complexity index is 408. The Kier molecular flexibility index (Phi) is 4.23. The molecule has 2 nitrogen and oxygen atoms in total. The largest absolute Gasteiger partial charge is 0.463 e. The molecule has 1 rings (SSSR count). The molecular formula is C16H24O2. The zero-order valence-electron chi connectivity index (χ0n) is 12.3. The number of hydrogen-bond acceptors (Lipinski definition) is 2. The van der Waals surface area contributed by atoms with E-state index in [1.54, 1.807) is 0 Å². The molecular weight excluding hydrogens is 224 g/mol.